The molecule has 0 radical (unpaired) electrons. The Labute approximate surface area is 112 Å². The van der Waals surface area contributed by atoms with Crippen molar-refractivity contribution in [1.82, 2.24) is 5.32 Å². The molecular weight excluding hydrogens is 240 g/mol. The molecule has 1 unspecified atom stereocenters. The van der Waals surface area contributed by atoms with Gasteiger partial charge >= 0.3 is 0 Å². The van der Waals surface area contributed by atoms with Crippen molar-refractivity contribution in [3.8, 4) is 12.3 Å². The molecule has 1 amide bonds. The van der Waals surface area contributed by atoms with Crippen LogP contribution in [0.4, 0.5) is 5.69 Å². The molecule has 1 atom stereocenters. The van der Waals surface area contributed by atoms with Crippen LogP contribution in [0.2, 0.25) is 0 Å². The first-order valence-electron chi connectivity index (χ1n) is 6.17. The summed E-state index contributed by atoms with van der Waals surface area (Å²) in [5.74, 6) is 2.57. The van der Waals surface area contributed by atoms with Crippen LogP contribution >= 0.6 is 0 Å². The lowest BCUT2D eigenvalue weighted by atomic mass is 10.1. The number of rotatable bonds is 4. The van der Waals surface area contributed by atoms with Crippen molar-refractivity contribution in [3.63, 3.8) is 0 Å². The van der Waals surface area contributed by atoms with Gasteiger partial charge in [-0.25, -0.2) is 0 Å². The second kappa shape index (κ2) is 5.49. The first-order chi connectivity index (χ1) is 9.13. The maximum atomic E-state index is 12.0. The van der Waals surface area contributed by atoms with E-state index in [1.54, 1.807) is 24.3 Å². The lowest BCUT2D eigenvalue weighted by molar-refractivity contribution is 0.0911. The van der Waals surface area contributed by atoms with Gasteiger partial charge in [-0.1, -0.05) is 6.92 Å². The molecular formula is C15H16N2O2. The average Bonchev–Trinajstić information content (AvgIpc) is 2.81. The summed E-state index contributed by atoms with van der Waals surface area (Å²) in [6.45, 7) is 1.97. The maximum Gasteiger partial charge on any atom is 0.287 e. The van der Waals surface area contributed by atoms with Crippen LogP contribution < -0.4 is 11.1 Å². The van der Waals surface area contributed by atoms with E-state index in [1.165, 1.54) is 0 Å². The van der Waals surface area contributed by atoms with E-state index in [2.05, 4.69) is 11.2 Å². The Hall–Kier alpha value is -2.41. The minimum Gasteiger partial charge on any atom is -0.451 e. The molecule has 0 aliphatic heterocycles. The number of carbonyl (C=O) groups is 1. The topological polar surface area (TPSA) is 68.3 Å². The zero-order valence-electron chi connectivity index (χ0n) is 10.8. The number of terminal acetylenes is 1. The highest BCUT2D eigenvalue weighted by atomic mass is 16.3. The lowest BCUT2D eigenvalue weighted by Gasteiger charge is -2.12. The predicted molar refractivity (Wildman–Crippen MR) is 75.6 cm³/mol. The largest absolute Gasteiger partial charge is 0.451 e. The number of benzene rings is 1. The van der Waals surface area contributed by atoms with Gasteiger partial charge in [-0.15, -0.1) is 12.3 Å². The Kier molecular flexibility index (Phi) is 3.76. The number of nitrogens with two attached hydrogens (primary N) is 1. The fourth-order valence-electron chi connectivity index (χ4n) is 1.87. The van der Waals surface area contributed by atoms with Gasteiger partial charge < -0.3 is 15.5 Å². The van der Waals surface area contributed by atoms with Gasteiger partial charge in [0.15, 0.2) is 5.76 Å². The Bertz CT molecular complexity index is 637. The molecule has 0 saturated heterocycles. The monoisotopic (exact) mass is 256 g/mol. The first kappa shape index (κ1) is 13.0. The standard InChI is InChI=1S/C15H16N2O2/c1-3-5-12(4-2)17-15(18)14-9-10-8-11(16)6-7-13(10)19-14/h1,6-9,12H,4-5,16H2,2H3,(H,17,18). The second-order valence-electron chi connectivity index (χ2n) is 4.39. The van der Waals surface area contributed by atoms with Gasteiger partial charge in [0, 0.05) is 23.5 Å². The third kappa shape index (κ3) is 2.89. The minimum absolute atomic E-state index is 0.0317. The number of hydrogen-bond acceptors (Lipinski definition) is 3. The van der Waals surface area contributed by atoms with E-state index in [0.29, 0.717) is 17.7 Å². The van der Waals surface area contributed by atoms with Crippen molar-refractivity contribution in [3.05, 3.63) is 30.0 Å². The summed E-state index contributed by atoms with van der Waals surface area (Å²) in [7, 11) is 0. The van der Waals surface area contributed by atoms with Gasteiger partial charge in [0.2, 0.25) is 0 Å². The van der Waals surface area contributed by atoms with Crippen LogP contribution in [0.25, 0.3) is 11.0 Å². The SMILES string of the molecule is C#CCC(CC)NC(=O)c1cc2cc(N)ccc2o1. The number of nitrogens with one attached hydrogen (secondary N) is 1. The smallest absolute Gasteiger partial charge is 0.287 e. The molecule has 3 N–H and O–H groups in total. The molecule has 1 aromatic carbocycles. The molecule has 4 nitrogen and oxygen atoms in total. The van der Waals surface area contributed by atoms with Crippen molar-refractivity contribution < 1.29 is 9.21 Å². The molecule has 0 aliphatic rings. The molecule has 2 aromatic rings. The number of carbonyl (C=O) groups excluding carboxylic acids is 1. The summed E-state index contributed by atoms with van der Waals surface area (Å²) >= 11 is 0. The van der Waals surface area contributed by atoms with Crippen LogP contribution in [-0.2, 0) is 0 Å². The van der Waals surface area contributed by atoms with E-state index >= 15 is 0 Å². The number of anilines is 1. The zero-order valence-corrected chi connectivity index (χ0v) is 10.8. The van der Waals surface area contributed by atoms with Gasteiger partial charge in [-0.2, -0.15) is 0 Å². The number of amides is 1. The molecule has 0 aliphatic carbocycles. The zero-order chi connectivity index (χ0) is 13.8. The summed E-state index contributed by atoms with van der Waals surface area (Å²) in [5.41, 5.74) is 6.97. The van der Waals surface area contributed by atoms with Gasteiger partial charge in [-0.3, -0.25) is 4.79 Å². The molecule has 4 heteroatoms. The third-order valence-corrected chi connectivity index (χ3v) is 2.96. The van der Waals surface area contributed by atoms with E-state index in [4.69, 9.17) is 16.6 Å². The summed E-state index contributed by atoms with van der Waals surface area (Å²) in [6.07, 6.45) is 6.55. The highest BCUT2D eigenvalue weighted by molar-refractivity contribution is 5.96. The number of nitrogen functional groups attached to an aromatic ring is 1. The van der Waals surface area contributed by atoms with E-state index in [-0.39, 0.29) is 17.7 Å². The van der Waals surface area contributed by atoms with Crippen molar-refractivity contribution in [2.75, 3.05) is 5.73 Å². The second-order valence-corrected chi connectivity index (χ2v) is 4.39. The van der Waals surface area contributed by atoms with E-state index < -0.39 is 0 Å². The lowest BCUT2D eigenvalue weighted by Crippen LogP contribution is -2.33. The predicted octanol–water partition coefficient (Wildman–Crippen LogP) is 2.55. The molecule has 98 valence electrons. The van der Waals surface area contributed by atoms with Crippen molar-refractivity contribution >= 4 is 22.6 Å². The quantitative estimate of drug-likeness (QED) is 0.652. The molecule has 0 saturated carbocycles. The summed E-state index contributed by atoms with van der Waals surface area (Å²) in [4.78, 5) is 12.0. The summed E-state index contributed by atoms with van der Waals surface area (Å²) in [5, 5.41) is 3.67. The van der Waals surface area contributed by atoms with Crippen molar-refractivity contribution in [2.24, 2.45) is 0 Å². The average molecular weight is 256 g/mol. The third-order valence-electron chi connectivity index (χ3n) is 2.96. The van der Waals surface area contributed by atoms with Crippen LogP contribution in [0, 0.1) is 12.3 Å². The Morgan fingerprint density at radius 2 is 2.32 bits per heavy atom. The molecule has 1 heterocycles. The number of fused-ring (bicyclic) bond motifs is 1. The van der Waals surface area contributed by atoms with Gasteiger partial charge in [0.25, 0.3) is 5.91 Å². The molecule has 2 rings (SSSR count). The van der Waals surface area contributed by atoms with Crippen LogP contribution in [-0.4, -0.2) is 11.9 Å². The highest BCUT2D eigenvalue weighted by Gasteiger charge is 2.15. The maximum absolute atomic E-state index is 12.0. The Morgan fingerprint density at radius 1 is 1.53 bits per heavy atom. The molecule has 0 fully saturated rings. The Balaban J connectivity index is 2.19. The fraction of sp³-hybridized carbons (Fsp3) is 0.267. The summed E-state index contributed by atoms with van der Waals surface area (Å²) < 4.78 is 5.49. The molecule has 19 heavy (non-hydrogen) atoms. The minimum atomic E-state index is -0.253. The Morgan fingerprint density at radius 3 is 3.00 bits per heavy atom. The van der Waals surface area contributed by atoms with Crippen LogP contribution in [0.15, 0.2) is 28.7 Å². The van der Waals surface area contributed by atoms with Crippen LogP contribution in [0.1, 0.15) is 30.3 Å². The number of furan rings is 1. The van der Waals surface area contributed by atoms with Crippen molar-refractivity contribution in [2.45, 2.75) is 25.8 Å². The van der Waals surface area contributed by atoms with E-state index in [1.807, 2.05) is 6.92 Å². The highest BCUT2D eigenvalue weighted by Crippen LogP contribution is 2.21. The summed E-state index contributed by atoms with van der Waals surface area (Å²) in [6, 6.07) is 6.91. The van der Waals surface area contributed by atoms with Crippen LogP contribution in [0.3, 0.4) is 0 Å². The molecule has 0 spiro atoms. The van der Waals surface area contributed by atoms with Gasteiger partial charge in [0.05, 0.1) is 0 Å². The van der Waals surface area contributed by atoms with Gasteiger partial charge in [-0.05, 0) is 30.7 Å². The first-order valence-corrected chi connectivity index (χ1v) is 6.17. The van der Waals surface area contributed by atoms with E-state index in [9.17, 15) is 4.79 Å². The molecule has 0 bridgehead atoms. The van der Waals surface area contributed by atoms with Crippen LogP contribution in [0.5, 0.6) is 0 Å². The number of hydrogen-bond donors (Lipinski definition) is 2. The van der Waals surface area contributed by atoms with E-state index in [0.717, 1.165) is 11.8 Å². The fourth-order valence-corrected chi connectivity index (χ4v) is 1.87. The normalized spacial score (nSPS) is 12.0. The van der Waals surface area contributed by atoms with Gasteiger partial charge in [0.1, 0.15) is 5.58 Å². The van der Waals surface area contributed by atoms with Crippen molar-refractivity contribution in [1.29, 1.82) is 0 Å². The molecule has 1 aromatic heterocycles.